The zero-order valence-corrected chi connectivity index (χ0v) is 10.1. The van der Waals surface area contributed by atoms with Crippen LogP contribution in [-0.2, 0) is 13.1 Å². The van der Waals surface area contributed by atoms with E-state index in [9.17, 15) is 4.39 Å². The quantitative estimate of drug-likeness (QED) is 0.939. The average molecular weight is 284 g/mol. The molecular formula is C11H11BrFN3. The molecule has 2 aromatic rings. The van der Waals surface area contributed by atoms with Gasteiger partial charge in [-0.3, -0.25) is 4.68 Å². The van der Waals surface area contributed by atoms with Gasteiger partial charge in [-0.25, -0.2) is 4.39 Å². The van der Waals surface area contributed by atoms with E-state index < -0.39 is 0 Å². The Kier molecular flexibility index (Phi) is 3.36. The first-order valence-electron chi connectivity index (χ1n) is 4.84. The van der Waals surface area contributed by atoms with E-state index in [1.807, 2.05) is 6.20 Å². The molecule has 0 radical (unpaired) electrons. The molecule has 0 fully saturated rings. The number of hydrogen-bond acceptors (Lipinski definition) is 2. The van der Waals surface area contributed by atoms with Gasteiger partial charge in [-0.15, -0.1) is 0 Å². The molecule has 0 bridgehead atoms. The number of hydrogen-bond donors (Lipinski definition) is 1. The van der Waals surface area contributed by atoms with Crippen molar-refractivity contribution in [1.29, 1.82) is 0 Å². The molecule has 0 saturated carbocycles. The van der Waals surface area contributed by atoms with Crippen LogP contribution in [0.2, 0.25) is 0 Å². The van der Waals surface area contributed by atoms with Crippen LogP contribution in [0.1, 0.15) is 11.1 Å². The highest BCUT2D eigenvalue weighted by Crippen LogP contribution is 2.14. The topological polar surface area (TPSA) is 43.8 Å². The molecule has 0 spiro atoms. The zero-order chi connectivity index (χ0) is 11.5. The maximum Gasteiger partial charge on any atom is 0.123 e. The summed E-state index contributed by atoms with van der Waals surface area (Å²) in [5, 5.41) is 4.14. The lowest BCUT2D eigenvalue weighted by Crippen LogP contribution is -2.07. The van der Waals surface area contributed by atoms with Crippen LogP contribution < -0.4 is 5.73 Å². The Morgan fingerprint density at radius 3 is 2.81 bits per heavy atom. The highest BCUT2D eigenvalue weighted by Gasteiger charge is 2.04. The first kappa shape index (κ1) is 11.3. The normalized spacial score (nSPS) is 10.7. The van der Waals surface area contributed by atoms with Crippen LogP contribution in [0.5, 0.6) is 0 Å². The predicted molar refractivity (Wildman–Crippen MR) is 63.3 cm³/mol. The summed E-state index contributed by atoms with van der Waals surface area (Å²) in [6, 6.07) is 4.65. The smallest absolute Gasteiger partial charge is 0.123 e. The molecule has 0 saturated heterocycles. The lowest BCUT2D eigenvalue weighted by molar-refractivity contribution is 0.620. The maximum atomic E-state index is 13.0. The third kappa shape index (κ3) is 2.48. The van der Waals surface area contributed by atoms with Crippen molar-refractivity contribution in [1.82, 2.24) is 9.78 Å². The predicted octanol–water partition coefficient (Wildman–Crippen LogP) is 2.29. The number of aromatic nitrogens is 2. The first-order chi connectivity index (χ1) is 7.69. The highest BCUT2D eigenvalue weighted by molar-refractivity contribution is 9.10. The molecule has 1 aromatic heterocycles. The first-order valence-corrected chi connectivity index (χ1v) is 5.63. The average Bonchev–Trinajstić information content (AvgIpc) is 2.67. The van der Waals surface area contributed by atoms with E-state index in [4.69, 9.17) is 5.73 Å². The Bertz CT molecular complexity index is 496. The fourth-order valence-electron chi connectivity index (χ4n) is 1.54. The van der Waals surface area contributed by atoms with Crippen LogP contribution in [0, 0.1) is 5.82 Å². The molecule has 3 nitrogen and oxygen atoms in total. The Morgan fingerprint density at radius 1 is 1.38 bits per heavy atom. The molecule has 84 valence electrons. The Morgan fingerprint density at radius 2 is 2.19 bits per heavy atom. The summed E-state index contributed by atoms with van der Waals surface area (Å²) in [5.74, 6) is -0.258. The van der Waals surface area contributed by atoms with Gasteiger partial charge in [0.25, 0.3) is 0 Å². The van der Waals surface area contributed by atoms with E-state index in [2.05, 4.69) is 21.0 Å². The van der Waals surface area contributed by atoms with Gasteiger partial charge in [0.1, 0.15) is 5.82 Å². The number of nitrogens with zero attached hydrogens (tertiary/aromatic N) is 2. The van der Waals surface area contributed by atoms with Crippen molar-refractivity contribution in [2.45, 2.75) is 13.1 Å². The van der Waals surface area contributed by atoms with E-state index in [0.717, 1.165) is 15.6 Å². The van der Waals surface area contributed by atoms with Gasteiger partial charge in [0.05, 0.1) is 17.2 Å². The molecule has 1 heterocycles. The van der Waals surface area contributed by atoms with Crippen LogP contribution in [0.3, 0.4) is 0 Å². The largest absolute Gasteiger partial charge is 0.326 e. The minimum absolute atomic E-state index is 0.258. The van der Waals surface area contributed by atoms with Gasteiger partial charge in [0.2, 0.25) is 0 Å². The van der Waals surface area contributed by atoms with Crippen LogP contribution >= 0.6 is 15.9 Å². The Labute approximate surface area is 101 Å². The van der Waals surface area contributed by atoms with Crippen molar-refractivity contribution in [3.63, 3.8) is 0 Å². The monoisotopic (exact) mass is 283 g/mol. The van der Waals surface area contributed by atoms with E-state index in [0.29, 0.717) is 13.1 Å². The van der Waals surface area contributed by atoms with Crippen molar-refractivity contribution >= 4 is 15.9 Å². The fourth-order valence-corrected chi connectivity index (χ4v) is 1.87. The lowest BCUT2D eigenvalue weighted by Gasteiger charge is -2.07. The van der Waals surface area contributed by atoms with Crippen molar-refractivity contribution < 1.29 is 4.39 Å². The fraction of sp³-hybridized carbons (Fsp3) is 0.182. The second-order valence-corrected chi connectivity index (χ2v) is 4.39. The SMILES string of the molecule is NCc1cc(F)ccc1Cn1cc(Br)cn1. The van der Waals surface area contributed by atoms with Gasteiger partial charge < -0.3 is 5.73 Å². The van der Waals surface area contributed by atoms with Crippen LogP contribution in [0.15, 0.2) is 35.1 Å². The number of rotatable bonds is 3. The molecular weight excluding hydrogens is 273 g/mol. The number of nitrogens with two attached hydrogens (primary N) is 1. The van der Waals surface area contributed by atoms with Gasteiger partial charge >= 0.3 is 0 Å². The molecule has 0 atom stereocenters. The second-order valence-electron chi connectivity index (χ2n) is 3.47. The second kappa shape index (κ2) is 4.76. The van der Waals surface area contributed by atoms with Crippen molar-refractivity contribution in [3.8, 4) is 0 Å². The molecule has 16 heavy (non-hydrogen) atoms. The summed E-state index contributed by atoms with van der Waals surface area (Å²) in [4.78, 5) is 0. The van der Waals surface area contributed by atoms with E-state index in [1.165, 1.54) is 12.1 Å². The molecule has 0 unspecified atom stereocenters. The van der Waals surface area contributed by atoms with Gasteiger partial charge in [0, 0.05) is 12.7 Å². The zero-order valence-electron chi connectivity index (χ0n) is 8.53. The third-order valence-corrected chi connectivity index (χ3v) is 2.73. The van der Waals surface area contributed by atoms with Crippen LogP contribution in [0.4, 0.5) is 4.39 Å². The van der Waals surface area contributed by atoms with E-state index in [1.54, 1.807) is 16.9 Å². The minimum Gasteiger partial charge on any atom is -0.326 e. The molecule has 0 aliphatic carbocycles. The van der Waals surface area contributed by atoms with Gasteiger partial charge in [-0.1, -0.05) is 6.07 Å². The lowest BCUT2D eigenvalue weighted by atomic mass is 10.1. The summed E-state index contributed by atoms with van der Waals surface area (Å²) in [6.07, 6.45) is 3.58. The molecule has 5 heteroatoms. The molecule has 2 N–H and O–H groups in total. The van der Waals surface area contributed by atoms with Gasteiger partial charge in [0.15, 0.2) is 0 Å². The van der Waals surface area contributed by atoms with Crippen LogP contribution in [-0.4, -0.2) is 9.78 Å². The summed E-state index contributed by atoms with van der Waals surface area (Å²) < 4.78 is 15.7. The third-order valence-electron chi connectivity index (χ3n) is 2.32. The molecule has 0 aliphatic heterocycles. The summed E-state index contributed by atoms with van der Waals surface area (Å²) in [5.41, 5.74) is 7.37. The maximum absolute atomic E-state index is 13.0. The van der Waals surface area contributed by atoms with Crippen molar-refractivity contribution in [2.75, 3.05) is 0 Å². The van der Waals surface area contributed by atoms with Gasteiger partial charge in [-0.05, 0) is 39.2 Å². The van der Waals surface area contributed by atoms with E-state index in [-0.39, 0.29) is 5.82 Å². The summed E-state index contributed by atoms with van der Waals surface area (Å²) in [7, 11) is 0. The summed E-state index contributed by atoms with van der Waals surface area (Å²) >= 11 is 3.32. The Hall–Kier alpha value is -1.20. The van der Waals surface area contributed by atoms with E-state index >= 15 is 0 Å². The molecule has 1 aromatic carbocycles. The number of benzene rings is 1. The highest BCUT2D eigenvalue weighted by atomic mass is 79.9. The Balaban J connectivity index is 2.27. The molecule has 2 rings (SSSR count). The van der Waals surface area contributed by atoms with Crippen LogP contribution in [0.25, 0.3) is 0 Å². The minimum atomic E-state index is -0.258. The number of halogens is 2. The van der Waals surface area contributed by atoms with Crippen molar-refractivity contribution in [2.24, 2.45) is 5.73 Å². The molecule has 0 amide bonds. The van der Waals surface area contributed by atoms with Gasteiger partial charge in [-0.2, -0.15) is 5.10 Å². The summed E-state index contributed by atoms with van der Waals surface area (Å²) in [6.45, 7) is 0.925. The van der Waals surface area contributed by atoms with Crippen molar-refractivity contribution in [3.05, 3.63) is 52.0 Å². The molecule has 0 aliphatic rings. The standard InChI is InChI=1S/C11H11BrFN3/c12-10-5-15-16(7-10)6-8-1-2-11(13)3-9(8)4-14/h1-3,5,7H,4,6,14H2.